The predicted molar refractivity (Wildman–Crippen MR) is 112 cm³/mol. The number of thioether (sulfide) groups is 1. The van der Waals surface area contributed by atoms with Crippen LogP contribution in [0.2, 0.25) is 0 Å². The molecule has 0 bridgehead atoms. The highest BCUT2D eigenvalue weighted by atomic mass is 32.2. The average Bonchev–Trinajstić information content (AvgIpc) is 3.07. The van der Waals surface area contributed by atoms with Gasteiger partial charge in [0.05, 0.1) is 22.4 Å². The number of rotatable bonds is 4. The molecule has 0 saturated carbocycles. The average molecular weight is 454 g/mol. The molecule has 5 nitrogen and oxygen atoms in total. The van der Waals surface area contributed by atoms with E-state index in [1.165, 1.54) is 39.0 Å². The number of halogens is 3. The molecule has 10 heteroatoms. The summed E-state index contributed by atoms with van der Waals surface area (Å²) >= 11 is 2.54. The van der Waals surface area contributed by atoms with Gasteiger partial charge in [0.25, 0.3) is 5.56 Å². The summed E-state index contributed by atoms with van der Waals surface area (Å²) in [6.07, 6.45) is -0.589. The van der Waals surface area contributed by atoms with Crippen molar-refractivity contribution < 1.29 is 18.0 Å². The fourth-order valence-corrected chi connectivity index (χ4v) is 5.63. The topological polar surface area (TPSA) is 64.0 Å². The zero-order valence-corrected chi connectivity index (χ0v) is 17.6. The van der Waals surface area contributed by atoms with E-state index in [1.54, 1.807) is 7.05 Å². The fourth-order valence-electron chi connectivity index (χ4n) is 3.55. The number of carbonyl (C=O) groups is 1. The van der Waals surface area contributed by atoms with Crippen LogP contribution in [0.5, 0.6) is 0 Å². The third-order valence-electron chi connectivity index (χ3n) is 4.99. The molecule has 1 aliphatic rings. The highest BCUT2D eigenvalue weighted by molar-refractivity contribution is 7.99. The monoisotopic (exact) mass is 453 g/mol. The Bertz CT molecular complexity index is 1180. The van der Waals surface area contributed by atoms with Crippen molar-refractivity contribution in [2.24, 2.45) is 7.05 Å². The first-order valence-corrected chi connectivity index (χ1v) is 11.2. The molecular formula is C20H18F3N3O2S2. The van der Waals surface area contributed by atoms with Crippen molar-refractivity contribution in [1.29, 1.82) is 0 Å². The van der Waals surface area contributed by atoms with Crippen LogP contribution in [0.25, 0.3) is 10.2 Å². The minimum atomic E-state index is -4.56. The molecule has 1 aromatic carbocycles. The minimum Gasteiger partial charge on any atom is -0.325 e. The number of aromatic nitrogens is 2. The lowest BCUT2D eigenvalue weighted by Crippen LogP contribution is -2.22. The third kappa shape index (κ3) is 3.98. The van der Waals surface area contributed by atoms with E-state index >= 15 is 0 Å². The maximum Gasteiger partial charge on any atom is 0.418 e. The Morgan fingerprint density at radius 2 is 2.00 bits per heavy atom. The number of carbonyl (C=O) groups excluding carboxylic acids is 1. The van der Waals surface area contributed by atoms with Crippen LogP contribution >= 0.6 is 23.1 Å². The van der Waals surface area contributed by atoms with Gasteiger partial charge in [-0.1, -0.05) is 23.9 Å². The van der Waals surface area contributed by atoms with Gasteiger partial charge in [-0.15, -0.1) is 11.3 Å². The molecule has 3 aromatic rings. The van der Waals surface area contributed by atoms with Gasteiger partial charge in [0.2, 0.25) is 5.91 Å². The van der Waals surface area contributed by atoms with Crippen LogP contribution in [0.1, 0.15) is 28.8 Å². The summed E-state index contributed by atoms with van der Waals surface area (Å²) in [4.78, 5) is 31.6. The van der Waals surface area contributed by atoms with Crippen molar-refractivity contribution >= 4 is 44.9 Å². The summed E-state index contributed by atoms with van der Waals surface area (Å²) in [7, 11) is 1.60. The Labute approximate surface area is 178 Å². The van der Waals surface area contributed by atoms with Gasteiger partial charge in [0.1, 0.15) is 4.83 Å². The molecule has 1 amide bonds. The molecule has 4 rings (SSSR count). The highest BCUT2D eigenvalue weighted by Crippen LogP contribution is 2.36. The van der Waals surface area contributed by atoms with Crippen molar-refractivity contribution in [3.63, 3.8) is 0 Å². The smallest absolute Gasteiger partial charge is 0.325 e. The number of hydrogen-bond acceptors (Lipinski definition) is 5. The van der Waals surface area contributed by atoms with E-state index in [2.05, 4.69) is 10.3 Å². The van der Waals surface area contributed by atoms with Crippen molar-refractivity contribution in [3.05, 3.63) is 50.6 Å². The normalized spacial score (nSPS) is 14.0. The van der Waals surface area contributed by atoms with Crippen LogP contribution < -0.4 is 10.9 Å². The maximum atomic E-state index is 13.1. The summed E-state index contributed by atoms with van der Waals surface area (Å²) in [5.74, 6) is -0.764. The number of fused-ring (bicyclic) bond motifs is 3. The molecule has 1 N–H and O–H groups in total. The number of hydrogen-bond donors (Lipinski definition) is 1. The molecule has 158 valence electrons. The molecule has 0 atom stereocenters. The minimum absolute atomic E-state index is 0.148. The van der Waals surface area contributed by atoms with Crippen LogP contribution in [0.15, 0.2) is 34.2 Å². The van der Waals surface area contributed by atoms with Gasteiger partial charge in [-0.3, -0.25) is 14.2 Å². The molecule has 0 saturated heterocycles. The number of benzene rings is 1. The number of aryl methyl sites for hydroxylation is 2. The quantitative estimate of drug-likeness (QED) is 0.462. The lowest BCUT2D eigenvalue weighted by molar-refractivity contribution is -0.137. The highest BCUT2D eigenvalue weighted by Gasteiger charge is 2.33. The summed E-state index contributed by atoms with van der Waals surface area (Å²) in [5, 5.41) is 3.33. The molecule has 0 fully saturated rings. The Morgan fingerprint density at radius 1 is 1.27 bits per heavy atom. The van der Waals surface area contributed by atoms with Gasteiger partial charge in [-0.05, 0) is 43.4 Å². The molecule has 1 aliphatic carbocycles. The van der Waals surface area contributed by atoms with Crippen molar-refractivity contribution in [2.75, 3.05) is 11.1 Å². The zero-order valence-electron chi connectivity index (χ0n) is 16.0. The van der Waals surface area contributed by atoms with Crippen LogP contribution in [0.3, 0.4) is 0 Å². The molecule has 2 heterocycles. The third-order valence-corrected chi connectivity index (χ3v) is 7.21. The first kappa shape index (κ1) is 20.9. The predicted octanol–water partition coefficient (Wildman–Crippen LogP) is 4.62. The number of amides is 1. The number of thiophene rings is 1. The van der Waals surface area contributed by atoms with E-state index < -0.39 is 17.6 Å². The van der Waals surface area contributed by atoms with E-state index in [1.807, 2.05) is 0 Å². The summed E-state index contributed by atoms with van der Waals surface area (Å²) in [5.41, 5.74) is -0.254. The molecule has 0 aliphatic heterocycles. The van der Waals surface area contributed by atoms with Crippen LogP contribution in [-0.2, 0) is 30.9 Å². The summed E-state index contributed by atoms with van der Waals surface area (Å²) in [6.45, 7) is 0. The van der Waals surface area contributed by atoms with Gasteiger partial charge in [0.15, 0.2) is 5.16 Å². The zero-order chi connectivity index (χ0) is 21.5. The van der Waals surface area contributed by atoms with Gasteiger partial charge in [-0.25, -0.2) is 4.98 Å². The van der Waals surface area contributed by atoms with E-state index in [-0.39, 0.29) is 17.0 Å². The van der Waals surface area contributed by atoms with Gasteiger partial charge >= 0.3 is 6.18 Å². The number of alkyl halides is 3. The Kier molecular flexibility index (Phi) is 5.63. The molecule has 0 unspecified atom stereocenters. The van der Waals surface area contributed by atoms with E-state index in [0.29, 0.717) is 15.4 Å². The van der Waals surface area contributed by atoms with Crippen molar-refractivity contribution in [2.45, 2.75) is 37.0 Å². The van der Waals surface area contributed by atoms with Crippen LogP contribution in [-0.4, -0.2) is 21.2 Å². The Morgan fingerprint density at radius 3 is 2.77 bits per heavy atom. The second-order valence-corrected chi connectivity index (χ2v) is 9.06. The summed E-state index contributed by atoms with van der Waals surface area (Å²) in [6, 6.07) is 4.82. The molecule has 0 radical (unpaired) electrons. The van der Waals surface area contributed by atoms with Crippen molar-refractivity contribution in [1.82, 2.24) is 9.55 Å². The van der Waals surface area contributed by atoms with Gasteiger partial charge < -0.3 is 5.32 Å². The Hall–Kier alpha value is -2.33. The van der Waals surface area contributed by atoms with Crippen LogP contribution in [0, 0.1) is 0 Å². The van der Waals surface area contributed by atoms with Crippen molar-refractivity contribution in [3.8, 4) is 0 Å². The summed E-state index contributed by atoms with van der Waals surface area (Å²) < 4.78 is 40.7. The standard InChI is InChI=1S/C20H18F3N3O2S2/c1-26-18(28)16-11-6-2-5-9-14(11)30-17(16)25-19(26)29-10-15(27)24-13-8-4-3-7-12(13)20(21,22)23/h3-4,7-8H,2,5-6,9-10H2,1H3,(H,24,27). The maximum absolute atomic E-state index is 13.1. The second-order valence-electron chi connectivity index (χ2n) is 7.03. The number of anilines is 1. The van der Waals surface area contributed by atoms with Gasteiger partial charge in [0, 0.05) is 11.9 Å². The first-order valence-electron chi connectivity index (χ1n) is 9.36. The number of para-hydroxylation sites is 1. The number of nitrogens with zero attached hydrogens (tertiary/aromatic N) is 2. The van der Waals surface area contributed by atoms with Crippen LogP contribution in [0.4, 0.5) is 18.9 Å². The molecule has 2 aromatic heterocycles. The molecular weight excluding hydrogens is 435 g/mol. The SMILES string of the molecule is Cn1c(SCC(=O)Nc2ccccc2C(F)(F)F)nc2sc3c(c2c1=O)CCCC3. The molecule has 0 spiro atoms. The van der Waals surface area contributed by atoms with E-state index in [4.69, 9.17) is 0 Å². The van der Waals surface area contributed by atoms with E-state index in [0.717, 1.165) is 49.1 Å². The lowest BCUT2D eigenvalue weighted by atomic mass is 9.97. The lowest BCUT2D eigenvalue weighted by Gasteiger charge is -2.13. The van der Waals surface area contributed by atoms with Gasteiger partial charge in [-0.2, -0.15) is 13.2 Å². The largest absolute Gasteiger partial charge is 0.418 e. The van der Waals surface area contributed by atoms with E-state index in [9.17, 15) is 22.8 Å². The number of nitrogens with one attached hydrogen (secondary N) is 1. The molecule has 30 heavy (non-hydrogen) atoms. The first-order chi connectivity index (χ1) is 14.3. The second kappa shape index (κ2) is 8.07. The fraction of sp³-hybridized carbons (Fsp3) is 0.350. The Balaban J connectivity index is 1.54.